The molecule has 0 spiro atoms. The second-order valence-corrected chi connectivity index (χ2v) is 5.33. The predicted octanol–water partition coefficient (Wildman–Crippen LogP) is 2.13. The van der Waals surface area contributed by atoms with Crippen LogP contribution in [0.5, 0.6) is 0 Å². The van der Waals surface area contributed by atoms with Crippen LogP contribution in [0.15, 0.2) is 16.8 Å². The Balaban J connectivity index is 2.39. The maximum absolute atomic E-state index is 11.9. The lowest BCUT2D eigenvalue weighted by Crippen LogP contribution is -2.35. The predicted molar refractivity (Wildman–Crippen MR) is 64.8 cm³/mol. The zero-order chi connectivity index (χ0) is 12.6. The lowest BCUT2D eigenvalue weighted by atomic mass is 9.95. The fraction of sp³-hybridized carbons (Fsp3) is 0.500. The van der Waals surface area contributed by atoms with Crippen molar-refractivity contribution >= 4 is 23.2 Å². The van der Waals surface area contributed by atoms with E-state index in [4.69, 9.17) is 0 Å². The molecule has 1 N–H and O–H groups in total. The number of aliphatic carboxylic acids is 1. The fourth-order valence-corrected chi connectivity index (χ4v) is 3.11. The number of nitrogens with zero attached hydrogens (tertiary/aromatic N) is 1. The third kappa shape index (κ3) is 2.07. The van der Waals surface area contributed by atoms with Crippen LogP contribution < -0.4 is 0 Å². The van der Waals surface area contributed by atoms with Crippen LogP contribution in [0.2, 0.25) is 0 Å². The molecule has 4 nitrogen and oxygen atoms in total. The van der Waals surface area contributed by atoms with Gasteiger partial charge in [0.2, 0.25) is 5.91 Å². The summed E-state index contributed by atoms with van der Waals surface area (Å²) in [5, 5.41) is 13.1. The maximum Gasteiger partial charge on any atom is 0.309 e. The minimum absolute atomic E-state index is 0.0248. The molecule has 0 bridgehead atoms. The average molecular weight is 253 g/mol. The number of amides is 1. The first-order valence-corrected chi connectivity index (χ1v) is 6.52. The molecule has 2 atom stereocenters. The number of carbonyl (C=O) groups excluding carboxylic acids is 1. The van der Waals surface area contributed by atoms with Gasteiger partial charge in [-0.25, -0.2) is 0 Å². The highest BCUT2D eigenvalue weighted by atomic mass is 32.1. The van der Waals surface area contributed by atoms with Crippen LogP contribution in [0.4, 0.5) is 0 Å². The Bertz CT molecular complexity index is 427. The van der Waals surface area contributed by atoms with Crippen molar-refractivity contribution in [2.45, 2.75) is 32.4 Å². The Hall–Kier alpha value is -1.36. The highest BCUT2D eigenvalue weighted by Gasteiger charge is 2.45. The molecule has 1 amide bonds. The normalized spacial score (nSPS) is 24.6. The Kier molecular flexibility index (Phi) is 3.19. The van der Waals surface area contributed by atoms with Crippen LogP contribution in [0.3, 0.4) is 0 Å². The van der Waals surface area contributed by atoms with Crippen molar-refractivity contribution in [1.29, 1.82) is 0 Å². The highest BCUT2D eigenvalue weighted by molar-refractivity contribution is 7.08. The Morgan fingerprint density at radius 2 is 2.29 bits per heavy atom. The van der Waals surface area contributed by atoms with E-state index in [1.807, 2.05) is 30.7 Å². The van der Waals surface area contributed by atoms with Gasteiger partial charge in [0.05, 0.1) is 12.0 Å². The van der Waals surface area contributed by atoms with Gasteiger partial charge in [0.1, 0.15) is 0 Å². The molecule has 2 heterocycles. The second-order valence-electron chi connectivity index (χ2n) is 4.55. The lowest BCUT2D eigenvalue weighted by Gasteiger charge is -2.29. The standard InChI is InChI=1S/C12H15NO3S/c1-7(2)13-10(14)5-9(12(15)16)11(13)8-3-4-17-6-8/h3-4,6-7,9,11H,5H2,1-2H3,(H,15,16). The minimum Gasteiger partial charge on any atom is -0.481 e. The van der Waals surface area contributed by atoms with Crippen LogP contribution >= 0.6 is 11.3 Å². The van der Waals surface area contributed by atoms with Crippen molar-refractivity contribution in [3.05, 3.63) is 22.4 Å². The molecule has 1 fully saturated rings. The summed E-state index contributed by atoms with van der Waals surface area (Å²) < 4.78 is 0. The molecule has 0 aromatic carbocycles. The molecule has 92 valence electrons. The monoisotopic (exact) mass is 253 g/mol. The summed E-state index contributed by atoms with van der Waals surface area (Å²) in [6.45, 7) is 3.84. The summed E-state index contributed by atoms with van der Waals surface area (Å²) in [5.41, 5.74) is 0.932. The maximum atomic E-state index is 11.9. The molecule has 1 aromatic rings. The van der Waals surface area contributed by atoms with E-state index in [2.05, 4.69) is 0 Å². The number of carboxylic acids is 1. The van der Waals surface area contributed by atoms with Crippen molar-refractivity contribution in [1.82, 2.24) is 4.90 Å². The molecule has 2 unspecified atom stereocenters. The van der Waals surface area contributed by atoms with Crippen molar-refractivity contribution in [3.63, 3.8) is 0 Å². The molecule has 5 heteroatoms. The van der Waals surface area contributed by atoms with E-state index < -0.39 is 11.9 Å². The van der Waals surface area contributed by atoms with E-state index in [0.717, 1.165) is 5.56 Å². The third-order valence-electron chi connectivity index (χ3n) is 3.12. The summed E-state index contributed by atoms with van der Waals surface area (Å²) in [4.78, 5) is 24.8. The molecule has 0 radical (unpaired) electrons. The Labute approximate surface area is 104 Å². The molecule has 1 aliphatic rings. The Morgan fingerprint density at radius 3 is 2.76 bits per heavy atom. The third-order valence-corrected chi connectivity index (χ3v) is 3.82. The van der Waals surface area contributed by atoms with Crippen LogP contribution in [0.25, 0.3) is 0 Å². The fourth-order valence-electron chi connectivity index (χ4n) is 2.42. The topological polar surface area (TPSA) is 57.6 Å². The van der Waals surface area contributed by atoms with Crippen molar-refractivity contribution < 1.29 is 14.7 Å². The van der Waals surface area contributed by atoms with E-state index in [1.54, 1.807) is 4.90 Å². The number of likely N-dealkylation sites (tertiary alicyclic amines) is 1. The van der Waals surface area contributed by atoms with E-state index in [0.29, 0.717) is 0 Å². The van der Waals surface area contributed by atoms with Crippen LogP contribution in [-0.4, -0.2) is 27.9 Å². The molecule has 1 saturated heterocycles. The molecule has 0 saturated carbocycles. The second kappa shape index (κ2) is 4.49. The number of rotatable bonds is 3. The first-order valence-electron chi connectivity index (χ1n) is 5.58. The SMILES string of the molecule is CC(C)N1C(=O)CC(C(=O)O)C1c1ccsc1. The first kappa shape index (κ1) is 12.1. The lowest BCUT2D eigenvalue weighted by molar-refractivity contribution is -0.142. The molecule has 1 aromatic heterocycles. The summed E-state index contributed by atoms with van der Waals surface area (Å²) in [5.74, 6) is -1.58. The van der Waals surface area contributed by atoms with Gasteiger partial charge in [-0.05, 0) is 36.2 Å². The number of carboxylic acid groups (broad SMARTS) is 1. The smallest absolute Gasteiger partial charge is 0.309 e. The van der Waals surface area contributed by atoms with Gasteiger partial charge in [-0.2, -0.15) is 11.3 Å². The molecule has 17 heavy (non-hydrogen) atoms. The van der Waals surface area contributed by atoms with Crippen LogP contribution in [-0.2, 0) is 9.59 Å². The molecular weight excluding hydrogens is 238 g/mol. The van der Waals surface area contributed by atoms with Gasteiger partial charge in [-0.15, -0.1) is 0 Å². The highest BCUT2D eigenvalue weighted by Crippen LogP contribution is 2.40. The molecule has 0 aliphatic carbocycles. The van der Waals surface area contributed by atoms with Gasteiger partial charge in [-0.3, -0.25) is 9.59 Å². The van der Waals surface area contributed by atoms with E-state index in [1.165, 1.54) is 11.3 Å². The molecule has 1 aliphatic heterocycles. The van der Waals surface area contributed by atoms with Crippen molar-refractivity contribution in [2.24, 2.45) is 5.92 Å². The van der Waals surface area contributed by atoms with Crippen molar-refractivity contribution in [2.75, 3.05) is 0 Å². The zero-order valence-electron chi connectivity index (χ0n) is 9.79. The number of hydrogen-bond donors (Lipinski definition) is 1. The van der Waals surface area contributed by atoms with E-state index >= 15 is 0 Å². The Morgan fingerprint density at radius 1 is 1.59 bits per heavy atom. The van der Waals surface area contributed by atoms with Gasteiger partial charge in [0, 0.05) is 12.5 Å². The van der Waals surface area contributed by atoms with Gasteiger partial charge >= 0.3 is 5.97 Å². The summed E-state index contributed by atoms with van der Waals surface area (Å²) in [7, 11) is 0. The summed E-state index contributed by atoms with van der Waals surface area (Å²) in [6, 6.07) is 1.61. The summed E-state index contributed by atoms with van der Waals surface area (Å²) in [6.07, 6.45) is 0.105. The van der Waals surface area contributed by atoms with Gasteiger partial charge < -0.3 is 10.0 Å². The molecular formula is C12H15NO3S. The zero-order valence-corrected chi connectivity index (χ0v) is 10.6. The van der Waals surface area contributed by atoms with E-state index in [9.17, 15) is 14.7 Å². The van der Waals surface area contributed by atoms with Crippen LogP contribution in [0, 0.1) is 5.92 Å². The summed E-state index contributed by atoms with van der Waals surface area (Å²) >= 11 is 1.52. The van der Waals surface area contributed by atoms with Gasteiger partial charge in [-0.1, -0.05) is 0 Å². The van der Waals surface area contributed by atoms with Gasteiger partial charge in [0.25, 0.3) is 0 Å². The number of hydrogen-bond acceptors (Lipinski definition) is 3. The van der Waals surface area contributed by atoms with Gasteiger partial charge in [0.15, 0.2) is 0 Å². The molecule has 2 rings (SSSR count). The average Bonchev–Trinajstić information content (AvgIpc) is 2.82. The number of thiophene rings is 1. The first-order chi connectivity index (χ1) is 8.02. The number of carbonyl (C=O) groups is 2. The van der Waals surface area contributed by atoms with Crippen molar-refractivity contribution in [3.8, 4) is 0 Å². The quantitative estimate of drug-likeness (QED) is 0.897. The largest absolute Gasteiger partial charge is 0.481 e. The minimum atomic E-state index is -0.891. The van der Waals surface area contributed by atoms with Crippen LogP contribution in [0.1, 0.15) is 31.9 Å². The van der Waals surface area contributed by atoms with E-state index in [-0.39, 0.29) is 24.4 Å².